The molecule has 3 nitrogen and oxygen atoms in total. The minimum absolute atomic E-state index is 0.432. The fourth-order valence-corrected chi connectivity index (χ4v) is 1.36. The molecule has 0 aliphatic carbocycles. The Balaban J connectivity index is 2.64. The van der Waals surface area contributed by atoms with E-state index in [9.17, 15) is 4.21 Å². The molecule has 0 radical (unpaired) electrons. The minimum atomic E-state index is -1.87. The summed E-state index contributed by atoms with van der Waals surface area (Å²) in [6.45, 7) is 0.668. The number of methoxy groups -OCH3 is 1. The average molecular weight is 200 g/mol. The standard InChI is InChI=1S/C9H12O3S/c1-12-7-6-8-2-4-9(5-3-8)13(10)11/h2-5H,6-7H2,1H3,(H,10,11). The average Bonchev–Trinajstić information content (AvgIpc) is 2.15. The lowest BCUT2D eigenvalue weighted by atomic mass is 10.2. The van der Waals surface area contributed by atoms with Crippen LogP contribution in [0, 0.1) is 0 Å². The molecule has 0 aliphatic rings. The summed E-state index contributed by atoms with van der Waals surface area (Å²) in [6, 6.07) is 6.98. The van der Waals surface area contributed by atoms with Crippen molar-refractivity contribution in [2.24, 2.45) is 0 Å². The van der Waals surface area contributed by atoms with Gasteiger partial charge in [-0.25, -0.2) is 4.21 Å². The van der Waals surface area contributed by atoms with Crippen LogP contribution in [0.15, 0.2) is 29.2 Å². The van der Waals surface area contributed by atoms with Gasteiger partial charge in [-0.15, -0.1) is 0 Å². The quantitative estimate of drug-likeness (QED) is 0.748. The molecule has 1 aromatic rings. The van der Waals surface area contributed by atoms with Crippen molar-refractivity contribution >= 4 is 11.1 Å². The van der Waals surface area contributed by atoms with E-state index < -0.39 is 11.1 Å². The van der Waals surface area contributed by atoms with Gasteiger partial charge in [-0.05, 0) is 24.1 Å². The van der Waals surface area contributed by atoms with Crippen LogP contribution in [0.4, 0.5) is 0 Å². The fourth-order valence-electron chi connectivity index (χ4n) is 0.992. The van der Waals surface area contributed by atoms with Crippen LogP contribution in [0.25, 0.3) is 0 Å². The number of hydrogen-bond acceptors (Lipinski definition) is 2. The third-order valence-electron chi connectivity index (χ3n) is 1.72. The summed E-state index contributed by atoms with van der Waals surface area (Å²) < 4.78 is 24.3. The van der Waals surface area contributed by atoms with E-state index >= 15 is 0 Å². The summed E-state index contributed by atoms with van der Waals surface area (Å²) in [7, 11) is 1.65. The van der Waals surface area contributed by atoms with Gasteiger partial charge in [-0.1, -0.05) is 12.1 Å². The fraction of sp³-hybridized carbons (Fsp3) is 0.333. The van der Waals surface area contributed by atoms with Gasteiger partial charge in [0.25, 0.3) is 0 Å². The molecule has 0 fully saturated rings. The largest absolute Gasteiger partial charge is 0.384 e. The molecule has 0 saturated heterocycles. The summed E-state index contributed by atoms with van der Waals surface area (Å²) in [5.74, 6) is 0. The number of ether oxygens (including phenoxy) is 1. The van der Waals surface area contributed by atoms with E-state index in [4.69, 9.17) is 9.29 Å². The SMILES string of the molecule is COCCc1ccc(S(=O)O)cc1. The minimum Gasteiger partial charge on any atom is -0.384 e. The van der Waals surface area contributed by atoms with Crippen molar-refractivity contribution in [2.45, 2.75) is 11.3 Å². The molecule has 1 rings (SSSR count). The Morgan fingerprint density at radius 2 is 2.00 bits per heavy atom. The van der Waals surface area contributed by atoms with Crippen molar-refractivity contribution in [3.8, 4) is 0 Å². The van der Waals surface area contributed by atoms with Crippen LogP contribution in [-0.2, 0) is 22.2 Å². The zero-order chi connectivity index (χ0) is 9.68. The second kappa shape index (κ2) is 5.11. The normalized spacial score (nSPS) is 12.8. The van der Waals surface area contributed by atoms with Crippen LogP contribution in [0.1, 0.15) is 5.56 Å². The first-order valence-corrected chi connectivity index (χ1v) is 5.03. The number of hydrogen-bond donors (Lipinski definition) is 1. The summed E-state index contributed by atoms with van der Waals surface area (Å²) in [4.78, 5) is 0.432. The van der Waals surface area contributed by atoms with E-state index in [2.05, 4.69) is 0 Å². The second-order valence-electron chi connectivity index (χ2n) is 2.64. The highest BCUT2D eigenvalue weighted by Crippen LogP contribution is 2.07. The van der Waals surface area contributed by atoms with Crippen molar-refractivity contribution in [1.82, 2.24) is 0 Å². The monoisotopic (exact) mass is 200 g/mol. The molecular formula is C9H12O3S. The maximum atomic E-state index is 10.6. The summed E-state index contributed by atoms with van der Waals surface area (Å²) >= 11 is -1.87. The van der Waals surface area contributed by atoms with Gasteiger partial charge in [0, 0.05) is 7.11 Å². The highest BCUT2D eigenvalue weighted by atomic mass is 32.2. The van der Waals surface area contributed by atoms with Gasteiger partial charge < -0.3 is 9.29 Å². The van der Waals surface area contributed by atoms with E-state index in [0.717, 1.165) is 12.0 Å². The summed E-state index contributed by atoms with van der Waals surface area (Å²) in [6.07, 6.45) is 0.828. The van der Waals surface area contributed by atoms with Gasteiger partial charge >= 0.3 is 0 Å². The molecular weight excluding hydrogens is 188 g/mol. The molecule has 1 aromatic carbocycles. The van der Waals surface area contributed by atoms with Gasteiger partial charge in [0.05, 0.1) is 11.5 Å². The third kappa shape index (κ3) is 3.26. The van der Waals surface area contributed by atoms with Crippen molar-refractivity contribution in [3.05, 3.63) is 29.8 Å². The van der Waals surface area contributed by atoms with Crippen LogP contribution in [0.2, 0.25) is 0 Å². The highest BCUT2D eigenvalue weighted by molar-refractivity contribution is 7.79. The molecule has 0 aliphatic heterocycles. The molecule has 0 bridgehead atoms. The van der Waals surface area contributed by atoms with Gasteiger partial charge in [0.1, 0.15) is 0 Å². The Hall–Kier alpha value is -0.710. The first-order valence-electron chi connectivity index (χ1n) is 3.93. The summed E-state index contributed by atoms with van der Waals surface area (Å²) in [5.41, 5.74) is 1.11. The first kappa shape index (κ1) is 10.4. The Morgan fingerprint density at radius 1 is 1.38 bits per heavy atom. The number of rotatable bonds is 4. The molecule has 0 heterocycles. The molecule has 72 valence electrons. The van der Waals surface area contributed by atoms with Crippen molar-refractivity contribution in [2.75, 3.05) is 13.7 Å². The highest BCUT2D eigenvalue weighted by Gasteiger charge is 1.98. The second-order valence-corrected chi connectivity index (χ2v) is 3.61. The van der Waals surface area contributed by atoms with Crippen LogP contribution in [-0.4, -0.2) is 22.5 Å². The molecule has 0 spiro atoms. The summed E-state index contributed by atoms with van der Waals surface area (Å²) in [5, 5.41) is 0. The molecule has 1 unspecified atom stereocenters. The molecule has 0 aromatic heterocycles. The van der Waals surface area contributed by atoms with Gasteiger partial charge in [0.15, 0.2) is 11.1 Å². The maximum Gasteiger partial charge on any atom is 0.186 e. The molecule has 4 heteroatoms. The van der Waals surface area contributed by atoms with E-state index in [1.807, 2.05) is 12.1 Å². The lowest BCUT2D eigenvalue weighted by Gasteiger charge is -2.00. The Morgan fingerprint density at radius 3 is 2.46 bits per heavy atom. The first-order chi connectivity index (χ1) is 6.24. The van der Waals surface area contributed by atoms with Crippen LogP contribution in [0.5, 0.6) is 0 Å². The molecule has 1 atom stereocenters. The van der Waals surface area contributed by atoms with Gasteiger partial charge in [-0.2, -0.15) is 0 Å². The molecule has 13 heavy (non-hydrogen) atoms. The smallest absolute Gasteiger partial charge is 0.186 e. The van der Waals surface area contributed by atoms with Crippen LogP contribution in [0.3, 0.4) is 0 Å². The predicted octanol–water partition coefficient (Wildman–Crippen LogP) is 1.46. The molecule has 0 amide bonds. The maximum absolute atomic E-state index is 10.6. The Bertz CT molecular complexity index is 281. The Labute approximate surface area is 80.0 Å². The molecule has 1 N–H and O–H groups in total. The van der Waals surface area contributed by atoms with E-state index in [-0.39, 0.29) is 0 Å². The molecule has 0 saturated carbocycles. The van der Waals surface area contributed by atoms with E-state index in [0.29, 0.717) is 11.5 Å². The van der Waals surface area contributed by atoms with Crippen LogP contribution < -0.4 is 0 Å². The van der Waals surface area contributed by atoms with E-state index in [1.54, 1.807) is 19.2 Å². The Kier molecular flexibility index (Phi) is 4.08. The van der Waals surface area contributed by atoms with E-state index in [1.165, 1.54) is 0 Å². The van der Waals surface area contributed by atoms with Gasteiger partial charge in [-0.3, -0.25) is 0 Å². The van der Waals surface area contributed by atoms with Crippen molar-refractivity contribution < 1.29 is 13.5 Å². The van der Waals surface area contributed by atoms with Gasteiger partial charge in [0.2, 0.25) is 0 Å². The third-order valence-corrected chi connectivity index (χ3v) is 2.40. The number of benzene rings is 1. The van der Waals surface area contributed by atoms with Crippen LogP contribution >= 0.6 is 0 Å². The lowest BCUT2D eigenvalue weighted by molar-refractivity contribution is 0.202. The zero-order valence-corrected chi connectivity index (χ0v) is 8.21. The topological polar surface area (TPSA) is 46.5 Å². The lowest BCUT2D eigenvalue weighted by Crippen LogP contribution is -1.95. The van der Waals surface area contributed by atoms with Crippen molar-refractivity contribution in [1.29, 1.82) is 0 Å². The predicted molar refractivity (Wildman–Crippen MR) is 51.1 cm³/mol. The van der Waals surface area contributed by atoms with Crippen molar-refractivity contribution in [3.63, 3.8) is 0 Å². The zero-order valence-electron chi connectivity index (χ0n) is 7.40.